The van der Waals surface area contributed by atoms with Crippen LogP contribution >= 0.6 is 22.6 Å². The zero-order valence-corrected chi connectivity index (χ0v) is 13.3. The van der Waals surface area contributed by atoms with E-state index in [0.717, 1.165) is 9.13 Å². The quantitative estimate of drug-likeness (QED) is 0.755. The summed E-state index contributed by atoms with van der Waals surface area (Å²) in [5, 5.41) is 18.8. The molecule has 1 aromatic rings. The van der Waals surface area contributed by atoms with Gasteiger partial charge in [-0.15, -0.1) is 0 Å². The monoisotopic (exact) mass is 389 g/mol. The van der Waals surface area contributed by atoms with Crippen molar-refractivity contribution in [1.82, 2.24) is 4.90 Å². The standard InChI is InChI=1S/C14H16INO4/c1-9-10(3-2-4-11(9)15)12(17)16-7-5-14(20,6-8-16)13(18)19/h2-4,20H,5-8H2,1H3,(H,18,19). The Morgan fingerprint density at radius 1 is 1.30 bits per heavy atom. The fourth-order valence-corrected chi connectivity index (χ4v) is 2.80. The Hall–Kier alpha value is -1.15. The molecule has 2 N–H and O–H groups in total. The van der Waals surface area contributed by atoms with Crippen LogP contribution in [0.15, 0.2) is 18.2 Å². The zero-order chi connectivity index (χ0) is 14.9. The largest absolute Gasteiger partial charge is 0.479 e. The summed E-state index contributed by atoms with van der Waals surface area (Å²) >= 11 is 2.18. The molecule has 1 fully saturated rings. The number of hydrogen-bond acceptors (Lipinski definition) is 3. The molecular formula is C14H16INO4. The molecule has 0 aromatic heterocycles. The van der Waals surface area contributed by atoms with Crippen molar-refractivity contribution < 1.29 is 19.8 Å². The SMILES string of the molecule is Cc1c(I)cccc1C(=O)N1CCC(O)(C(=O)O)CC1. The first-order valence-corrected chi connectivity index (χ1v) is 7.43. The van der Waals surface area contributed by atoms with Crippen LogP contribution in [0.3, 0.4) is 0 Å². The van der Waals surface area contributed by atoms with Crippen molar-refractivity contribution in [3.05, 3.63) is 32.9 Å². The number of piperidine rings is 1. The summed E-state index contributed by atoms with van der Waals surface area (Å²) < 4.78 is 1.02. The van der Waals surface area contributed by atoms with Crippen LogP contribution in [0, 0.1) is 10.5 Å². The normalized spacial score (nSPS) is 17.9. The molecule has 0 atom stereocenters. The molecule has 0 bridgehead atoms. The number of benzene rings is 1. The van der Waals surface area contributed by atoms with Gasteiger partial charge in [0.2, 0.25) is 0 Å². The molecule has 1 aliphatic heterocycles. The van der Waals surface area contributed by atoms with Gasteiger partial charge in [0.25, 0.3) is 5.91 Å². The summed E-state index contributed by atoms with van der Waals surface area (Å²) in [6.07, 6.45) is 0.133. The van der Waals surface area contributed by atoms with Crippen LogP contribution in [0.25, 0.3) is 0 Å². The van der Waals surface area contributed by atoms with Crippen LogP contribution < -0.4 is 0 Å². The average Bonchev–Trinajstić information content (AvgIpc) is 2.42. The fourth-order valence-electron chi connectivity index (χ4n) is 2.30. The van der Waals surface area contributed by atoms with E-state index in [0.29, 0.717) is 5.56 Å². The maximum absolute atomic E-state index is 12.4. The number of likely N-dealkylation sites (tertiary alicyclic amines) is 1. The molecule has 1 saturated heterocycles. The Labute approximate surface area is 130 Å². The second-order valence-corrected chi connectivity index (χ2v) is 6.20. The molecule has 1 aromatic carbocycles. The minimum Gasteiger partial charge on any atom is -0.479 e. The second kappa shape index (κ2) is 5.69. The van der Waals surface area contributed by atoms with Gasteiger partial charge in [0.05, 0.1) is 0 Å². The van der Waals surface area contributed by atoms with E-state index >= 15 is 0 Å². The van der Waals surface area contributed by atoms with Gasteiger partial charge in [-0.2, -0.15) is 0 Å². The number of carboxylic acid groups (broad SMARTS) is 1. The van der Waals surface area contributed by atoms with Crippen molar-refractivity contribution in [3.8, 4) is 0 Å². The number of amides is 1. The van der Waals surface area contributed by atoms with E-state index in [1.807, 2.05) is 19.1 Å². The van der Waals surface area contributed by atoms with Gasteiger partial charge in [0, 0.05) is 35.1 Å². The van der Waals surface area contributed by atoms with Gasteiger partial charge in [0.15, 0.2) is 5.60 Å². The lowest BCUT2D eigenvalue weighted by molar-refractivity contribution is -0.162. The summed E-state index contributed by atoms with van der Waals surface area (Å²) in [7, 11) is 0. The smallest absolute Gasteiger partial charge is 0.335 e. The highest BCUT2D eigenvalue weighted by molar-refractivity contribution is 14.1. The number of carbonyl (C=O) groups excluding carboxylic acids is 1. The van der Waals surface area contributed by atoms with Crippen LogP contribution in [0.5, 0.6) is 0 Å². The van der Waals surface area contributed by atoms with Crippen molar-refractivity contribution in [1.29, 1.82) is 0 Å². The Morgan fingerprint density at radius 3 is 2.45 bits per heavy atom. The number of halogens is 1. The molecular weight excluding hydrogens is 373 g/mol. The number of aliphatic hydroxyl groups is 1. The van der Waals surface area contributed by atoms with Gasteiger partial charge in [-0.3, -0.25) is 4.79 Å². The predicted molar refractivity (Wildman–Crippen MR) is 81.6 cm³/mol. The number of rotatable bonds is 2. The number of hydrogen-bond donors (Lipinski definition) is 2. The predicted octanol–water partition coefficient (Wildman–Crippen LogP) is 1.65. The van der Waals surface area contributed by atoms with Gasteiger partial charge in [-0.25, -0.2) is 4.79 Å². The van der Waals surface area contributed by atoms with Gasteiger partial charge >= 0.3 is 5.97 Å². The Bertz CT molecular complexity index is 550. The summed E-state index contributed by atoms with van der Waals surface area (Å²) in [6, 6.07) is 5.55. The highest BCUT2D eigenvalue weighted by atomic mass is 127. The van der Waals surface area contributed by atoms with E-state index in [4.69, 9.17) is 5.11 Å². The van der Waals surface area contributed by atoms with E-state index in [-0.39, 0.29) is 31.8 Å². The molecule has 2 rings (SSSR count). The van der Waals surface area contributed by atoms with Gasteiger partial charge in [-0.1, -0.05) is 6.07 Å². The minimum atomic E-state index is -1.70. The average molecular weight is 389 g/mol. The maximum Gasteiger partial charge on any atom is 0.335 e. The third-order valence-electron chi connectivity index (χ3n) is 3.77. The highest BCUT2D eigenvalue weighted by Gasteiger charge is 2.40. The Morgan fingerprint density at radius 2 is 1.90 bits per heavy atom. The molecule has 0 radical (unpaired) electrons. The molecule has 0 aliphatic carbocycles. The lowest BCUT2D eigenvalue weighted by Crippen LogP contribution is -2.50. The number of carbonyl (C=O) groups is 2. The van der Waals surface area contributed by atoms with E-state index < -0.39 is 11.6 Å². The number of carboxylic acids is 1. The molecule has 0 spiro atoms. The summed E-state index contributed by atoms with van der Waals surface area (Å²) in [4.78, 5) is 25.0. The topological polar surface area (TPSA) is 77.8 Å². The molecule has 1 heterocycles. The second-order valence-electron chi connectivity index (χ2n) is 5.04. The highest BCUT2D eigenvalue weighted by Crippen LogP contribution is 2.25. The molecule has 20 heavy (non-hydrogen) atoms. The summed E-state index contributed by atoms with van der Waals surface area (Å²) in [5.74, 6) is -1.32. The third-order valence-corrected chi connectivity index (χ3v) is 4.94. The number of nitrogens with zero attached hydrogens (tertiary/aromatic N) is 1. The van der Waals surface area contributed by atoms with E-state index in [1.165, 1.54) is 0 Å². The fraction of sp³-hybridized carbons (Fsp3) is 0.429. The van der Waals surface area contributed by atoms with Crippen molar-refractivity contribution >= 4 is 34.5 Å². The maximum atomic E-state index is 12.4. The van der Waals surface area contributed by atoms with Crippen molar-refractivity contribution in [2.45, 2.75) is 25.4 Å². The van der Waals surface area contributed by atoms with E-state index in [1.54, 1.807) is 11.0 Å². The van der Waals surface area contributed by atoms with Gasteiger partial charge < -0.3 is 15.1 Å². The molecule has 1 aliphatic rings. The third kappa shape index (κ3) is 2.80. The zero-order valence-electron chi connectivity index (χ0n) is 11.1. The first-order chi connectivity index (χ1) is 9.35. The first kappa shape index (κ1) is 15.2. The molecule has 5 nitrogen and oxygen atoms in total. The van der Waals surface area contributed by atoms with Crippen LogP contribution in [-0.2, 0) is 4.79 Å². The van der Waals surface area contributed by atoms with Crippen molar-refractivity contribution in [2.24, 2.45) is 0 Å². The molecule has 0 saturated carbocycles. The summed E-state index contributed by atoms with van der Waals surface area (Å²) in [6.45, 7) is 2.41. The molecule has 0 unspecified atom stereocenters. The van der Waals surface area contributed by atoms with Crippen LogP contribution in [0.1, 0.15) is 28.8 Å². The van der Waals surface area contributed by atoms with Crippen LogP contribution in [0.2, 0.25) is 0 Å². The van der Waals surface area contributed by atoms with E-state index in [2.05, 4.69) is 22.6 Å². The van der Waals surface area contributed by atoms with E-state index in [9.17, 15) is 14.7 Å². The first-order valence-electron chi connectivity index (χ1n) is 6.35. The molecule has 6 heteroatoms. The summed E-state index contributed by atoms with van der Waals surface area (Å²) in [5.41, 5.74) is -0.133. The number of aliphatic carboxylic acids is 1. The van der Waals surface area contributed by atoms with Crippen LogP contribution in [0.4, 0.5) is 0 Å². The lowest BCUT2D eigenvalue weighted by Gasteiger charge is -2.35. The van der Waals surface area contributed by atoms with Gasteiger partial charge in [-0.05, 0) is 47.2 Å². The Kier molecular flexibility index (Phi) is 4.33. The Balaban J connectivity index is 2.13. The molecule has 1 amide bonds. The van der Waals surface area contributed by atoms with Crippen molar-refractivity contribution in [3.63, 3.8) is 0 Å². The van der Waals surface area contributed by atoms with Crippen LogP contribution in [-0.4, -0.2) is 45.7 Å². The molecule has 108 valence electrons. The van der Waals surface area contributed by atoms with Gasteiger partial charge in [0.1, 0.15) is 0 Å². The lowest BCUT2D eigenvalue weighted by atomic mass is 9.91. The van der Waals surface area contributed by atoms with Crippen molar-refractivity contribution in [2.75, 3.05) is 13.1 Å². The minimum absolute atomic E-state index is 0.0665.